The number of morpholine rings is 1. The monoisotopic (exact) mass is 486 g/mol. The van der Waals surface area contributed by atoms with Crippen molar-refractivity contribution in [2.45, 2.75) is 20.4 Å². The largest absolute Gasteiger partial charge is 0.378 e. The average molecular weight is 487 g/mol. The van der Waals surface area contributed by atoms with Gasteiger partial charge in [-0.05, 0) is 49.2 Å². The zero-order valence-electron chi connectivity index (χ0n) is 20.1. The van der Waals surface area contributed by atoms with E-state index in [1.54, 1.807) is 23.2 Å². The van der Waals surface area contributed by atoms with Crippen LogP contribution in [0, 0.1) is 13.8 Å². The first-order chi connectivity index (χ1) is 17.3. The summed E-state index contributed by atoms with van der Waals surface area (Å²) in [6, 6.07) is 11.9. The molecule has 184 valence electrons. The van der Waals surface area contributed by atoms with Crippen LogP contribution in [0.5, 0.6) is 0 Å². The van der Waals surface area contributed by atoms with E-state index in [1.165, 1.54) is 6.08 Å². The maximum Gasteiger partial charge on any atom is 0.335 e. The molecule has 3 aromatic rings. The lowest BCUT2D eigenvalue weighted by atomic mass is 10.0. The second-order valence-corrected chi connectivity index (χ2v) is 8.95. The van der Waals surface area contributed by atoms with Gasteiger partial charge in [-0.2, -0.15) is 0 Å². The Kier molecular flexibility index (Phi) is 6.15. The molecule has 2 aliphatic rings. The molecule has 2 fully saturated rings. The van der Waals surface area contributed by atoms with Crippen LogP contribution in [0.25, 0.3) is 17.0 Å². The molecule has 0 unspecified atom stereocenters. The highest BCUT2D eigenvalue weighted by Crippen LogP contribution is 2.27. The minimum Gasteiger partial charge on any atom is -0.378 e. The Morgan fingerprint density at radius 2 is 1.78 bits per heavy atom. The van der Waals surface area contributed by atoms with Gasteiger partial charge in [0.15, 0.2) is 0 Å². The number of aryl methyl sites for hydroxylation is 2. The maximum atomic E-state index is 13.4. The number of carbonyl (C=O) groups excluding carboxylic acids is 4. The van der Waals surface area contributed by atoms with Crippen molar-refractivity contribution >= 4 is 46.4 Å². The first kappa shape index (κ1) is 23.5. The van der Waals surface area contributed by atoms with E-state index in [0.717, 1.165) is 26.9 Å². The van der Waals surface area contributed by atoms with Gasteiger partial charge in [-0.1, -0.05) is 24.3 Å². The third-order valence-electron chi connectivity index (χ3n) is 6.64. The number of rotatable bonds is 4. The van der Waals surface area contributed by atoms with Crippen LogP contribution in [0.1, 0.15) is 16.7 Å². The third-order valence-corrected chi connectivity index (χ3v) is 6.64. The van der Waals surface area contributed by atoms with Crippen LogP contribution in [0.15, 0.2) is 54.2 Å². The van der Waals surface area contributed by atoms with E-state index in [4.69, 9.17) is 4.74 Å². The van der Waals surface area contributed by atoms with Gasteiger partial charge in [0.25, 0.3) is 11.8 Å². The molecular weight excluding hydrogens is 460 g/mol. The summed E-state index contributed by atoms with van der Waals surface area (Å²) in [6.07, 6.45) is 3.24. The molecular formula is C27H26N4O5. The Balaban J connectivity index is 1.51. The summed E-state index contributed by atoms with van der Waals surface area (Å²) in [5, 5.41) is 3.06. The van der Waals surface area contributed by atoms with Gasteiger partial charge in [-0.15, -0.1) is 0 Å². The number of barbiturate groups is 1. The van der Waals surface area contributed by atoms with Crippen LogP contribution in [0.2, 0.25) is 0 Å². The minimum absolute atomic E-state index is 0.0312. The fraction of sp³-hybridized carbons (Fsp3) is 0.259. The molecule has 2 aliphatic heterocycles. The molecule has 9 heteroatoms. The Bertz CT molecular complexity index is 1430. The molecule has 1 aromatic heterocycles. The van der Waals surface area contributed by atoms with Crippen molar-refractivity contribution in [2.24, 2.45) is 0 Å². The maximum absolute atomic E-state index is 13.4. The molecule has 1 N–H and O–H groups in total. The van der Waals surface area contributed by atoms with Crippen molar-refractivity contribution in [3.8, 4) is 0 Å². The number of urea groups is 1. The summed E-state index contributed by atoms with van der Waals surface area (Å²) < 4.78 is 7.15. The van der Waals surface area contributed by atoms with Crippen molar-refractivity contribution in [3.63, 3.8) is 0 Å². The normalized spacial score (nSPS) is 17.7. The second kappa shape index (κ2) is 9.43. The van der Waals surface area contributed by atoms with Crippen LogP contribution in [-0.4, -0.2) is 59.5 Å². The minimum atomic E-state index is -0.788. The van der Waals surface area contributed by atoms with Crippen molar-refractivity contribution in [1.82, 2.24) is 14.8 Å². The molecule has 0 bridgehead atoms. The van der Waals surface area contributed by atoms with Gasteiger partial charge < -0.3 is 14.2 Å². The van der Waals surface area contributed by atoms with Crippen molar-refractivity contribution in [2.75, 3.05) is 31.2 Å². The Morgan fingerprint density at radius 1 is 1.03 bits per heavy atom. The quantitative estimate of drug-likeness (QED) is 0.452. The standard InChI is InChI=1S/C27H26N4O5/c1-17-7-8-20(13-18(17)2)31-26(34)22(25(33)28-27(31)35)14-19-15-30(23-6-4-3-5-21(19)23)16-24(32)29-9-11-36-12-10-29/h3-8,13-15H,9-12,16H2,1-2H3,(H,28,33,35). The molecule has 0 radical (unpaired) electrons. The zero-order valence-corrected chi connectivity index (χ0v) is 20.1. The second-order valence-electron chi connectivity index (χ2n) is 8.95. The molecule has 9 nitrogen and oxygen atoms in total. The number of nitrogens with one attached hydrogen (secondary N) is 1. The predicted octanol–water partition coefficient (Wildman–Crippen LogP) is 2.78. The van der Waals surface area contributed by atoms with E-state index in [-0.39, 0.29) is 18.0 Å². The van der Waals surface area contributed by atoms with E-state index in [9.17, 15) is 19.2 Å². The number of para-hydroxylation sites is 1. The average Bonchev–Trinajstić information content (AvgIpc) is 3.21. The molecule has 2 saturated heterocycles. The highest BCUT2D eigenvalue weighted by atomic mass is 16.5. The van der Waals surface area contributed by atoms with Gasteiger partial charge in [0.05, 0.1) is 18.9 Å². The lowest BCUT2D eigenvalue weighted by Crippen LogP contribution is -2.54. The molecule has 0 saturated carbocycles. The van der Waals surface area contributed by atoms with Gasteiger partial charge in [-0.25, -0.2) is 9.69 Å². The van der Waals surface area contributed by atoms with E-state index in [1.807, 2.05) is 48.7 Å². The number of carbonyl (C=O) groups is 4. The fourth-order valence-corrected chi connectivity index (χ4v) is 4.49. The third kappa shape index (κ3) is 4.29. The predicted molar refractivity (Wildman–Crippen MR) is 134 cm³/mol. The summed E-state index contributed by atoms with van der Waals surface area (Å²) in [5.74, 6) is -1.49. The van der Waals surface area contributed by atoms with Crippen LogP contribution >= 0.6 is 0 Å². The van der Waals surface area contributed by atoms with E-state index in [0.29, 0.717) is 37.6 Å². The fourth-order valence-electron chi connectivity index (χ4n) is 4.49. The summed E-state index contributed by atoms with van der Waals surface area (Å²) in [7, 11) is 0. The van der Waals surface area contributed by atoms with Crippen LogP contribution in [0.4, 0.5) is 10.5 Å². The number of hydrogen-bond acceptors (Lipinski definition) is 5. The summed E-state index contributed by atoms with van der Waals surface area (Å²) in [6.45, 7) is 6.08. The van der Waals surface area contributed by atoms with Gasteiger partial charge in [0.1, 0.15) is 12.1 Å². The van der Waals surface area contributed by atoms with E-state index < -0.39 is 17.8 Å². The number of fused-ring (bicyclic) bond motifs is 1. The number of amides is 5. The zero-order chi connectivity index (χ0) is 25.4. The topological polar surface area (TPSA) is 101 Å². The number of ether oxygens (including phenoxy) is 1. The molecule has 3 heterocycles. The number of nitrogens with zero attached hydrogens (tertiary/aromatic N) is 3. The van der Waals surface area contributed by atoms with Crippen molar-refractivity contribution < 1.29 is 23.9 Å². The van der Waals surface area contributed by atoms with Gasteiger partial charge in [0.2, 0.25) is 5.91 Å². The molecule has 5 amide bonds. The number of benzene rings is 2. The molecule has 0 aliphatic carbocycles. The van der Waals surface area contributed by atoms with E-state index >= 15 is 0 Å². The SMILES string of the molecule is Cc1ccc(N2C(=O)NC(=O)C(=Cc3cn(CC(=O)N4CCOCC4)c4ccccc34)C2=O)cc1C. The number of aromatic nitrogens is 1. The Labute approximate surface area is 207 Å². The number of hydrogen-bond donors (Lipinski definition) is 1. The molecule has 0 spiro atoms. The number of anilines is 1. The lowest BCUT2D eigenvalue weighted by Gasteiger charge is -2.27. The van der Waals surface area contributed by atoms with Gasteiger partial charge in [0, 0.05) is 35.8 Å². The van der Waals surface area contributed by atoms with Gasteiger partial charge >= 0.3 is 6.03 Å². The Morgan fingerprint density at radius 3 is 2.53 bits per heavy atom. The van der Waals surface area contributed by atoms with Crippen LogP contribution < -0.4 is 10.2 Å². The highest BCUT2D eigenvalue weighted by molar-refractivity contribution is 6.39. The summed E-state index contributed by atoms with van der Waals surface area (Å²) >= 11 is 0. The lowest BCUT2D eigenvalue weighted by molar-refractivity contribution is -0.135. The first-order valence-corrected chi connectivity index (χ1v) is 11.8. The highest BCUT2D eigenvalue weighted by Gasteiger charge is 2.37. The first-order valence-electron chi connectivity index (χ1n) is 11.8. The molecule has 5 rings (SSSR count). The van der Waals surface area contributed by atoms with Crippen LogP contribution in [-0.2, 0) is 25.7 Å². The molecule has 2 aromatic carbocycles. The molecule has 36 heavy (non-hydrogen) atoms. The van der Waals surface area contributed by atoms with Crippen molar-refractivity contribution in [1.29, 1.82) is 0 Å². The van der Waals surface area contributed by atoms with Gasteiger partial charge in [-0.3, -0.25) is 19.7 Å². The summed E-state index contributed by atoms with van der Waals surface area (Å²) in [5.41, 5.74) is 3.58. The number of imide groups is 2. The summed E-state index contributed by atoms with van der Waals surface area (Å²) in [4.78, 5) is 54.3. The van der Waals surface area contributed by atoms with Crippen molar-refractivity contribution in [3.05, 3.63) is 70.9 Å². The van der Waals surface area contributed by atoms with E-state index in [2.05, 4.69) is 5.32 Å². The Hall–Kier alpha value is -4.24. The smallest absolute Gasteiger partial charge is 0.335 e. The van der Waals surface area contributed by atoms with Crippen LogP contribution in [0.3, 0.4) is 0 Å². The molecule has 0 atom stereocenters.